The first-order valence-corrected chi connectivity index (χ1v) is 6.56. The summed E-state index contributed by atoms with van der Waals surface area (Å²) in [5, 5.41) is 10.8. The first-order valence-electron chi connectivity index (χ1n) is 6.56. The molecule has 1 heterocycles. The van der Waals surface area contributed by atoms with Crippen LogP contribution in [0.15, 0.2) is 18.2 Å². The Kier molecular flexibility index (Phi) is 3.83. The lowest BCUT2D eigenvalue weighted by atomic mass is 10.0. The van der Waals surface area contributed by atoms with E-state index < -0.39 is 4.92 Å². The molecule has 102 valence electrons. The van der Waals surface area contributed by atoms with Gasteiger partial charge in [-0.1, -0.05) is 0 Å². The molecule has 1 aliphatic heterocycles. The van der Waals surface area contributed by atoms with Crippen molar-refractivity contribution in [2.45, 2.75) is 39.2 Å². The molecule has 0 aromatic heterocycles. The van der Waals surface area contributed by atoms with Crippen molar-refractivity contribution < 1.29 is 9.72 Å². The van der Waals surface area contributed by atoms with Crippen LogP contribution >= 0.6 is 0 Å². The van der Waals surface area contributed by atoms with E-state index in [1.54, 1.807) is 19.1 Å². The number of hydrogen-bond donors (Lipinski definition) is 0. The predicted molar refractivity (Wildman–Crippen MR) is 72.2 cm³/mol. The fourth-order valence-corrected chi connectivity index (χ4v) is 2.56. The van der Waals surface area contributed by atoms with Crippen molar-refractivity contribution in [1.82, 2.24) is 4.90 Å². The summed E-state index contributed by atoms with van der Waals surface area (Å²) < 4.78 is 0. The maximum Gasteiger partial charge on any atom is 0.272 e. The number of benzene rings is 1. The maximum atomic E-state index is 12.4. The second-order valence-electron chi connectivity index (χ2n) is 5.10. The number of carbonyl (C=O) groups excluding carboxylic acids is 1. The van der Waals surface area contributed by atoms with Crippen LogP contribution < -0.4 is 0 Å². The standard InChI is InChI=1S/C14H18N2O3/c1-10-9-12(6-7-13(10)16(18)19)14(17)15-8-4-3-5-11(15)2/h6-7,9,11H,3-5,8H2,1-2H3. The fourth-order valence-electron chi connectivity index (χ4n) is 2.56. The second kappa shape index (κ2) is 5.38. The number of aryl methyl sites for hydroxylation is 1. The highest BCUT2D eigenvalue weighted by Crippen LogP contribution is 2.23. The van der Waals surface area contributed by atoms with Gasteiger partial charge in [0.2, 0.25) is 0 Å². The number of hydrogen-bond acceptors (Lipinski definition) is 3. The van der Waals surface area contributed by atoms with Gasteiger partial charge in [-0.15, -0.1) is 0 Å². The van der Waals surface area contributed by atoms with Crippen LogP contribution in [0.1, 0.15) is 42.1 Å². The summed E-state index contributed by atoms with van der Waals surface area (Å²) in [6.45, 7) is 4.49. The van der Waals surface area contributed by atoms with Gasteiger partial charge < -0.3 is 4.90 Å². The molecular weight excluding hydrogens is 244 g/mol. The molecule has 0 spiro atoms. The molecule has 1 aromatic rings. The minimum Gasteiger partial charge on any atom is -0.336 e. The molecule has 1 atom stereocenters. The predicted octanol–water partition coefficient (Wildman–Crippen LogP) is 2.92. The molecule has 1 aliphatic rings. The molecule has 19 heavy (non-hydrogen) atoms. The highest BCUT2D eigenvalue weighted by Gasteiger charge is 2.25. The molecule has 1 fully saturated rings. The van der Waals surface area contributed by atoms with E-state index in [4.69, 9.17) is 0 Å². The van der Waals surface area contributed by atoms with Gasteiger partial charge in [0.25, 0.3) is 11.6 Å². The lowest BCUT2D eigenvalue weighted by molar-refractivity contribution is -0.385. The average Bonchev–Trinajstić information content (AvgIpc) is 2.38. The van der Waals surface area contributed by atoms with Gasteiger partial charge in [-0.3, -0.25) is 14.9 Å². The number of amides is 1. The summed E-state index contributed by atoms with van der Waals surface area (Å²) in [7, 11) is 0. The molecule has 1 unspecified atom stereocenters. The summed E-state index contributed by atoms with van der Waals surface area (Å²) in [5.41, 5.74) is 1.13. The lowest BCUT2D eigenvalue weighted by Crippen LogP contribution is -2.42. The van der Waals surface area contributed by atoms with Crippen LogP contribution in [0.2, 0.25) is 0 Å². The van der Waals surface area contributed by atoms with Crippen LogP contribution in [0.3, 0.4) is 0 Å². The lowest BCUT2D eigenvalue weighted by Gasteiger charge is -2.33. The van der Waals surface area contributed by atoms with Crippen LogP contribution in [0.25, 0.3) is 0 Å². The Labute approximate surface area is 112 Å². The van der Waals surface area contributed by atoms with Gasteiger partial charge in [-0.2, -0.15) is 0 Å². The summed E-state index contributed by atoms with van der Waals surface area (Å²) in [5.74, 6) is -0.0230. The Morgan fingerprint density at radius 2 is 2.16 bits per heavy atom. The molecule has 0 bridgehead atoms. The van der Waals surface area contributed by atoms with Crippen molar-refractivity contribution in [2.75, 3.05) is 6.54 Å². The molecule has 0 N–H and O–H groups in total. The van der Waals surface area contributed by atoms with Gasteiger partial charge in [0.15, 0.2) is 0 Å². The van der Waals surface area contributed by atoms with Gasteiger partial charge in [0.05, 0.1) is 4.92 Å². The number of likely N-dealkylation sites (tertiary alicyclic amines) is 1. The van der Waals surface area contributed by atoms with Crippen molar-refractivity contribution in [1.29, 1.82) is 0 Å². The van der Waals surface area contributed by atoms with E-state index in [0.29, 0.717) is 11.1 Å². The first-order chi connectivity index (χ1) is 9.00. The molecule has 1 saturated heterocycles. The molecule has 5 heteroatoms. The molecule has 0 radical (unpaired) electrons. The molecule has 2 rings (SSSR count). The quantitative estimate of drug-likeness (QED) is 0.608. The van der Waals surface area contributed by atoms with Gasteiger partial charge in [0, 0.05) is 29.8 Å². The van der Waals surface area contributed by atoms with E-state index in [2.05, 4.69) is 6.92 Å². The van der Waals surface area contributed by atoms with E-state index in [-0.39, 0.29) is 17.6 Å². The number of nitro benzene ring substituents is 1. The molecule has 1 aromatic carbocycles. The second-order valence-corrected chi connectivity index (χ2v) is 5.10. The van der Waals surface area contributed by atoms with Crippen molar-refractivity contribution in [2.24, 2.45) is 0 Å². The zero-order chi connectivity index (χ0) is 14.0. The van der Waals surface area contributed by atoms with E-state index in [9.17, 15) is 14.9 Å². The third-order valence-corrected chi connectivity index (χ3v) is 3.70. The number of piperidine rings is 1. The molecule has 0 saturated carbocycles. The van der Waals surface area contributed by atoms with Gasteiger partial charge >= 0.3 is 0 Å². The van der Waals surface area contributed by atoms with E-state index in [1.165, 1.54) is 6.07 Å². The van der Waals surface area contributed by atoms with E-state index in [0.717, 1.165) is 25.8 Å². The first kappa shape index (κ1) is 13.5. The Bertz CT molecular complexity index is 513. The Morgan fingerprint density at radius 3 is 2.74 bits per heavy atom. The number of nitro groups is 1. The third kappa shape index (κ3) is 2.75. The summed E-state index contributed by atoms with van der Waals surface area (Å²) in [6, 6.07) is 4.82. The maximum absolute atomic E-state index is 12.4. The minimum atomic E-state index is -0.424. The Morgan fingerprint density at radius 1 is 1.42 bits per heavy atom. The number of carbonyl (C=O) groups is 1. The number of nitrogens with zero attached hydrogens (tertiary/aromatic N) is 2. The number of rotatable bonds is 2. The van der Waals surface area contributed by atoms with Crippen LogP contribution in [0, 0.1) is 17.0 Å². The SMILES string of the molecule is Cc1cc(C(=O)N2CCCCC2C)ccc1[N+](=O)[O-]. The smallest absolute Gasteiger partial charge is 0.272 e. The summed E-state index contributed by atoms with van der Waals surface area (Å²) in [4.78, 5) is 24.6. The zero-order valence-corrected chi connectivity index (χ0v) is 11.3. The van der Waals surface area contributed by atoms with Crippen molar-refractivity contribution in [3.05, 3.63) is 39.4 Å². The topological polar surface area (TPSA) is 63.5 Å². The normalized spacial score (nSPS) is 19.3. The largest absolute Gasteiger partial charge is 0.336 e. The Balaban J connectivity index is 2.24. The third-order valence-electron chi connectivity index (χ3n) is 3.70. The summed E-state index contributed by atoms with van der Waals surface area (Å²) in [6.07, 6.45) is 3.21. The monoisotopic (exact) mass is 262 g/mol. The highest BCUT2D eigenvalue weighted by atomic mass is 16.6. The highest BCUT2D eigenvalue weighted by molar-refractivity contribution is 5.95. The fraction of sp³-hybridized carbons (Fsp3) is 0.500. The van der Waals surface area contributed by atoms with Crippen molar-refractivity contribution >= 4 is 11.6 Å². The zero-order valence-electron chi connectivity index (χ0n) is 11.3. The molecular formula is C14H18N2O3. The molecule has 0 aliphatic carbocycles. The van der Waals surface area contributed by atoms with Crippen LogP contribution in [-0.4, -0.2) is 28.3 Å². The van der Waals surface area contributed by atoms with Crippen LogP contribution in [0.4, 0.5) is 5.69 Å². The molecule has 1 amide bonds. The Hall–Kier alpha value is -1.91. The van der Waals surface area contributed by atoms with Crippen molar-refractivity contribution in [3.8, 4) is 0 Å². The van der Waals surface area contributed by atoms with Crippen LogP contribution in [-0.2, 0) is 0 Å². The van der Waals surface area contributed by atoms with E-state index in [1.807, 2.05) is 4.90 Å². The van der Waals surface area contributed by atoms with E-state index >= 15 is 0 Å². The minimum absolute atomic E-state index is 0.0230. The van der Waals surface area contributed by atoms with Crippen molar-refractivity contribution in [3.63, 3.8) is 0 Å². The molecule has 5 nitrogen and oxygen atoms in total. The average molecular weight is 262 g/mol. The van der Waals surface area contributed by atoms with Gasteiger partial charge in [-0.25, -0.2) is 0 Å². The summed E-state index contributed by atoms with van der Waals surface area (Å²) >= 11 is 0. The van der Waals surface area contributed by atoms with Gasteiger partial charge in [0.1, 0.15) is 0 Å². The van der Waals surface area contributed by atoms with Crippen LogP contribution in [0.5, 0.6) is 0 Å². The van der Waals surface area contributed by atoms with Gasteiger partial charge in [-0.05, 0) is 45.2 Å².